The van der Waals surface area contributed by atoms with Gasteiger partial charge in [-0.2, -0.15) is 18.2 Å². The fourth-order valence-corrected chi connectivity index (χ4v) is 1.48. The van der Waals surface area contributed by atoms with E-state index in [-0.39, 0.29) is 11.7 Å². The summed E-state index contributed by atoms with van der Waals surface area (Å²) in [5, 5.41) is 3.26. The van der Waals surface area contributed by atoms with Crippen molar-refractivity contribution >= 4 is 0 Å². The Morgan fingerprint density at radius 2 is 2.07 bits per heavy atom. The zero-order valence-electron chi connectivity index (χ0n) is 7.84. The molecule has 1 fully saturated rings. The van der Waals surface area contributed by atoms with Crippen LogP contribution in [0.15, 0.2) is 4.52 Å². The molecule has 1 aromatic heterocycles. The summed E-state index contributed by atoms with van der Waals surface area (Å²) in [6, 6.07) is 0. The van der Waals surface area contributed by atoms with Crippen LogP contribution in [0.5, 0.6) is 0 Å². The van der Waals surface area contributed by atoms with Gasteiger partial charge in [-0.1, -0.05) is 5.16 Å². The van der Waals surface area contributed by atoms with Crippen molar-refractivity contribution in [3.63, 3.8) is 0 Å². The average Bonchev–Trinajstić information content (AvgIpc) is 2.45. The molecule has 15 heavy (non-hydrogen) atoms. The van der Waals surface area contributed by atoms with E-state index in [1.165, 1.54) is 0 Å². The van der Waals surface area contributed by atoms with Crippen molar-refractivity contribution in [2.75, 3.05) is 0 Å². The fraction of sp³-hybridized carbons (Fsp3) is 0.750. The van der Waals surface area contributed by atoms with E-state index in [4.69, 9.17) is 10.3 Å². The quantitative estimate of drug-likeness (QED) is 0.822. The standard InChI is InChI=1S/C8H10F3N3O/c9-8(10,11)4-5-13-6(15-14-5)7(12)2-1-3-7/h1-4,12H2. The van der Waals surface area contributed by atoms with Gasteiger partial charge in [0, 0.05) is 0 Å². The van der Waals surface area contributed by atoms with Gasteiger partial charge in [0.05, 0.1) is 5.54 Å². The van der Waals surface area contributed by atoms with Crippen LogP contribution < -0.4 is 5.73 Å². The lowest BCUT2D eigenvalue weighted by molar-refractivity contribution is -0.128. The van der Waals surface area contributed by atoms with Crippen LogP contribution in [0.1, 0.15) is 31.0 Å². The molecule has 1 heterocycles. The summed E-state index contributed by atoms with van der Waals surface area (Å²) < 4.78 is 40.7. The van der Waals surface area contributed by atoms with Gasteiger partial charge in [0.2, 0.25) is 5.89 Å². The van der Waals surface area contributed by atoms with Gasteiger partial charge in [0.25, 0.3) is 0 Å². The molecule has 84 valence electrons. The maximum Gasteiger partial charge on any atom is 0.396 e. The number of alkyl halides is 3. The van der Waals surface area contributed by atoms with Crippen LogP contribution in [0.25, 0.3) is 0 Å². The smallest absolute Gasteiger partial charge is 0.337 e. The van der Waals surface area contributed by atoms with E-state index in [1.54, 1.807) is 0 Å². The largest absolute Gasteiger partial charge is 0.396 e. The van der Waals surface area contributed by atoms with Crippen LogP contribution in [-0.2, 0) is 12.0 Å². The van der Waals surface area contributed by atoms with Crippen LogP contribution in [0.2, 0.25) is 0 Å². The molecule has 0 unspecified atom stereocenters. The lowest BCUT2D eigenvalue weighted by atomic mass is 9.78. The van der Waals surface area contributed by atoms with Gasteiger partial charge in [-0.25, -0.2) is 0 Å². The highest BCUT2D eigenvalue weighted by atomic mass is 19.4. The lowest BCUT2D eigenvalue weighted by Gasteiger charge is -2.33. The van der Waals surface area contributed by atoms with E-state index >= 15 is 0 Å². The number of hydrogen-bond donors (Lipinski definition) is 1. The minimum atomic E-state index is -4.32. The fourth-order valence-electron chi connectivity index (χ4n) is 1.48. The monoisotopic (exact) mass is 221 g/mol. The molecule has 2 N–H and O–H groups in total. The Kier molecular flexibility index (Phi) is 2.22. The Morgan fingerprint density at radius 1 is 1.40 bits per heavy atom. The predicted molar refractivity (Wildman–Crippen MR) is 43.8 cm³/mol. The molecule has 1 aliphatic rings. The SMILES string of the molecule is NC1(c2nc(CC(F)(F)F)no2)CCC1. The number of rotatable bonds is 2. The summed E-state index contributed by atoms with van der Waals surface area (Å²) in [5.41, 5.74) is 5.13. The molecule has 0 saturated heterocycles. The molecule has 0 radical (unpaired) electrons. The zero-order valence-corrected chi connectivity index (χ0v) is 7.84. The Bertz CT molecular complexity index is 356. The van der Waals surface area contributed by atoms with Crippen LogP contribution in [0.4, 0.5) is 13.2 Å². The number of nitrogens with two attached hydrogens (primary N) is 1. The van der Waals surface area contributed by atoms with Gasteiger partial charge in [-0.3, -0.25) is 0 Å². The van der Waals surface area contributed by atoms with Crippen molar-refractivity contribution in [3.8, 4) is 0 Å². The van der Waals surface area contributed by atoms with Gasteiger partial charge in [0.1, 0.15) is 6.42 Å². The second-order valence-corrected chi connectivity index (χ2v) is 3.82. The molecule has 2 rings (SSSR count). The summed E-state index contributed by atoms with van der Waals surface area (Å²) in [6.45, 7) is 0. The zero-order chi connectivity index (χ0) is 11.1. The van der Waals surface area contributed by atoms with E-state index in [2.05, 4.69) is 10.1 Å². The summed E-state index contributed by atoms with van der Waals surface area (Å²) in [6.07, 6.45) is -3.19. The number of hydrogen-bond acceptors (Lipinski definition) is 4. The summed E-state index contributed by atoms with van der Waals surface area (Å²) >= 11 is 0. The number of aromatic nitrogens is 2. The predicted octanol–water partition coefficient (Wildman–Crippen LogP) is 1.51. The van der Waals surface area contributed by atoms with Gasteiger partial charge < -0.3 is 10.3 Å². The van der Waals surface area contributed by atoms with Gasteiger partial charge in [-0.15, -0.1) is 0 Å². The maximum absolute atomic E-state index is 12.0. The molecular weight excluding hydrogens is 211 g/mol. The van der Waals surface area contributed by atoms with Crippen molar-refractivity contribution in [2.24, 2.45) is 5.73 Å². The Balaban J connectivity index is 2.10. The highest BCUT2D eigenvalue weighted by Gasteiger charge is 2.40. The highest BCUT2D eigenvalue weighted by molar-refractivity contribution is 5.07. The Hall–Kier alpha value is -1.11. The van der Waals surface area contributed by atoms with Crippen molar-refractivity contribution in [1.29, 1.82) is 0 Å². The van der Waals surface area contributed by atoms with E-state index in [0.29, 0.717) is 12.8 Å². The van der Waals surface area contributed by atoms with Crippen LogP contribution in [-0.4, -0.2) is 16.3 Å². The first-order valence-electron chi connectivity index (χ1n) is 4.58. The second-order valence-electron chi connectivity index (χ2n) is 3.82. The van der Waals surface area contributed by atoms with Crippen molar-refractivity contribution in [1.82, 2.24) is 10.1 Å². The second kappa shape index (κ2) is 3.19. The first-order valence-corrected chi connectivity index (χ1v) is 4.58. The van der Waals surface area contributed by atoms with E-state index in [1.807, 2.05) is 0 Å². The van der Waals surface area contributed by atoms with E-state index < -0.39 is 18.1 Å². The third-order valence-corrected chi connectivity index (χ3v) is 2.50. The highest BCUT2D eigenvalue weighted by Crippen LogP contribution is 2.37. The van der Waals surface area contributed by atoms with Crippen molar-refractivity contribution < 1.29 is 17.7 Å². The van der Waals surface area contributed by atoms with Gasteiger partial charge in [-0.05, 0) is 19.3 Å². The first-order chi connectivity index (χ1) is 6.89. The lowest BCUT2D eigenvalue weighted by Crippen LogP contribution is -2.43. The van der Waals surface area contributed by atoms with Crippen molar-refractivity contribution in [3.05, 3.63) is 11.7 Å². The molecule has 0 atom stereocenters. The van der Waals surface area contributed by atoms with Crippen LogP contribution in [0.3, 0.4) is 0 Å². The van der Waals surface area contributed by atoms with Gasteiger partial charge in [0.15, 0.2) is 5.82 Å². The number of halogens is 3. The summed E-state index contributed by atoms with van der Waals surface area (Å²) in [5.74, 6) is -0.234. The molecule has 0 aromatic carbocycles. The normalized spacial score (nSPS) is 20.0. The maximum atomic E-state index is 12.0. The van der Waals surface area contributed by atoms with E-state index in [0.717, 1.165) is 6.42 Å². The molecule has 4 nitrogen and oxygen atoms in total. The third kappa shape index (κ3) is 2.11. The molecule has 0 aliphatic heterocycles. The molecule has 1 aliphatic carbocycles. The Labute approximate surface area is 83.6 Å². The summed E-state index contributed by atoms with van der Waals surface area (Å²) in [7, 11) is 0. The van der Waals surface area contributed by atoms with Crippen LogP contribution in [0, 0.1) is 0 Å². The molecule has 0 amide bonds. The molecular formula is C8H10F3N3O. The average molecular weight is 221 g/mol. The topological polar surface area (TPSA) is 64.9 Å². The molecule has 1 saturated carbocycles. The van der Waals surface area contributed by atoms with Gasteiger partial charge >= 0.3 is 6.18 Å². The molecule has 0 bridgehead atoms. The first kappa shape index (κ1) is 10.4. The minimum absolute atomic E-state index is 0.119. The third-order valence-electron chi connectivity index (χ3n) is 2.50. The molecule has 1 aromatic rings. The minimum Gasteiger partial charge on any atom is -0.337 e. The Morgan fingerprint density at radius 3 is 2.53 bits per heavy atom. The molecule has 0 spiro atoms. The summed E-state index contributed by atoms with van der Waals surface area (Å²) in [4.78, 5) is 3.67. The number of nitrogens with zero attached hydrogens (tertiary/aromatic N) is 2. The van der Waals surface area contributed by atoms with Crippen molar-refractivity contribution in [2.45, 2.75) is 37.4 Å². The molecule has 7 heteroatoms. The van der Waals surface area contributed by atoms with E-state index in [9.17, 15) is 13.2 Å². The van der Waals surface area contributed by atoms with Crippen LogP contribution >= 0.6 is 0 Å².